The number of aromatic hydroxyl groups is 1. The smallest absolute Gasteiger partial charge is 0.163 e. The molecule has 3 aromatic carbocycles. The monoisotopic (exact) mass is 433 g/mol. The molecule has 1 unspecified atom stereocenters. The first-order valence-corrected chi connectivity index (χ1v) is 10.7. The van der Waals surface area contributed by atoms with Gasteiger partial charge in [-0.15, -0.1) is 0 Å². The minimum Gasteiger partial charge on any atom is -0.507 e. The van der Waals surface area contributed by atoms with Gasteiger partial charge in [-0.25, -0.2) is 0 Å². The zero-order valence-corrected chi connectivity index (χ0v) is 18.6. The third kappa shape index (κ3) is 3.31. The Morgan fingerprint density at radius 2 is 1.59 bits per heavy atom. The molecule has 5 rings (SSSR count). The van der Waals surface area contributed by atoms with Crippen LogP contribution in [-0.2, 0) is 12.8 Å². The van der Waals surface area contributed by atoms with Gasteiger partial charge in [-0.05, 0) is 65.4 Å². The molecule has 0 amide bonds. The zero-order chi connectivity index (χ0) is 22.2. The highest BCUT2D eigenvalue weighted by Crippen LogP contribution is 2.51. The predicted molar refractivity (Wildman–Crippen MR) is 122 cm³/mol. The van der Waals surface area contributed by atoms with Gasteiger partial charge in [-0.1, -0.05) is 18.2 Å². The molecular weight excluding hydrogens is 406 g/mol. The van der Waals surface area contributed by atoms with E-state index < -0.39 is 0 Å². The average molecular weight is 434 g/mol. The lowest BCUT2D eigenvalue weighted by molar-refractivity contribution is 0.0737. The van der Waals surface area contributed by atoms with E-state index in [0.29, 0.717) is 24.0 Å². The number of benzene rings is 3. The number of ether oxygens (including phenoxy) is 4. The first kappa shape index (κ1) is 20.5. The van der Waals surface area contributed by atoms with E-state index in [1.165, 1.54) is 11.1 Å². The van der Waals surface area contributed by atoms with Crippen LogP contribution in [0.3, 0.4) is 0 Å². The molecule has 2 aliphatic rings. The highest BCUT2D eigenvalue weighted by atomic mass is 16.5. The number of fused-ring (bicyclic) bond motifs is 2. The minimum absolute atomic E-state index is 0.0983. The van der Waals surface area contributed by atoms with Gasteiger partial charge in [0.05, 0.1) is 21.3 Å². The molecule has 0 bridgehead atoms. The maximum atomic E-state index is 10.9. The Kier molecular flexibility index (Phi) is 5.31. The van der Waals surface area contributed by atoms with Crippen molar-refractivity contribution in [2.45, 2.75) is 18.9 Å². The fourth-order valence-electron chi connectivity index (χ4n) is 4.94. The lowest BCUT2D eigenvalue weighted by Crippen LogP contribution is -2.40. The highest BCUT2D eigenvalue weighted by molar-refractivity contribution is 5.82. The number of rotatable bonds is 6. The molecule has 0 saturated heterocycles. The Morgan fingerprint density at radius 1 is 0.875 bits per heavy atom. The molecule has 1 atom stereocenters. The van der Waals surface area contributed by atoms with Crippen LogP contribution < -0.4 is 18.9 Å². The number of nitrogens with zero attached hydrogens (tertiary/aromatic N) is 1. The summed E-state index contributed by atoms with van der Waals surface area (Å²) < 4.78 is 22.7. The van der Waals surface area contributed by atoms with Crippen LogP contribution in [0.5, 0.6) is 28.7 Å². The van der Waals surface area contributed by atoms with E-state index in [0.717, 1.165) is 41.8 Å². The van der Waals surface area contributed by atoms with Gasteiger partial charge in [0.15, 0.2) is 23.0 Å². The standard InChI is InChI=1S/C26H27NO5/c1-29-21-6-4-5-7-22(21)32-15-27-11-10-16-8-9-20(28)26-18-14-24(31-3)23(30-2)13-17(18)12-19(27)25(16)26/h4-9,13-14,19,28H,10-12,15H2,1-3H3. The summed E-state index contributed by atoms with van der Waals surface area (Å²) in [5.41, 5.74) is 5.46. The summed E-state index contributed by atoms with van der Waals surface area (Å²) >= 11 is 0. The normalized spacial score (nSPS) is 16.7. The first-order chi connectivity index (χ1) is 15.6. The maximum absolute atomic E-state index is 10.9. The van der Waals surface area contributed by atoms with Gasteiger partial charge in [-0.2, -0.15) is 0 Å². The third-order valence-corrected chi connectivity index (χ3v) is 6.50. The number of phenols is 1. The molecule has 1 aliphatic heterocycles. The maximum Gasteiger partial charge on any atom is 0.163 e. The summed E-state index contributed by atoms with van der Waals surface area (Å²) in [6.45, 7) is 1.31. The number of hydrogen-bond acceptors (Lipinski definition) is 6. The van der Waals surface area contributed by atoms with E-state index >= 15 is 0 Å². The summed E-state index contributed by atoms with van der Waals surface area (Å²) in [5, 5.41) is 10.9. The van der Waals surface area contributed by atoms with Crippen LogP contribution >= 0.6 is 0 Å². The number of phenolic OH excluding ortho intramolecular Hbond substituents is 1. The molecule has 1 N–H and O–H groups in total. The Labute approximate surface area is 187 Å². The molecule has 0 fully saturated rings. The Morgan fingerprint density at radius 3 is 2.34 bits per heavy atom. The lowest BCUT2D eigenvalue weighted by Gasteiger charge is -2.41. The molecule has 0 radical (unpaired) electrons. The fourth-order valence-corrected chi connectivity index (χ4v) is 4.94. The van der Waals surface area contributed by atoms with Crippen molar-refractivity contribution in [3.8, 4) is 39.9 Å². The summed E-state index contributed by atoms with van der Waals surface area (Å²) in [7, 11) is 4.92. The number of hydrogen-bond donors (Lipinski definition) is 1. The second-order valence-corrected chi connectivity index (χ2v) is 8.10. The fraction of sp³-hybridized carbons (Fsp3) is 0.308. The molecule has 166 valence electrons. The van der Waals surface area contributed by atoms with Crippen LogP contribution in [0.2, 0.25) is 0 Å². The van der Waals surface area contributed by atoms with Gasteiger partial charge in [0, 0.05) is 18.2 Å². The Balaban J connectivity index is 1.54. The van der Waals surface area contributed by atoms with Crippen LogP contribution in [0.25, 0.3) is 11.1 Å². The van der Waals surface area contributed by atoms with Gasteiger partial charge in [0.25, 0.3) is 0 Å². The zero-order valence-electron chi connectivity index (χ0n) is 18.6. The van der Waals surface area contributed by atoms with Crippen molar-refractivity contribution in [1.29, 1.82) is 0 Å². The van der Waals surface area contributed by atoms with E-state index in [2.05, 4.69) is 4.90 Å². The van der Waals surface area contributed by atoms with E-state index in [-0.39, 0.29) is 11.8 Å². The third-order valence-electron chi connectivity index (χ3n) is 6.50. The minimum atomic E-state index is 0.0983. The molecule has 1 heterocycles. The van der Waals surface area contributed by atoms with Gasteiger partial charge in [0.1, 0.15) is 12.5 Å². The second kappa shape index (κ2) is 8.28. The Hall–Kier alpha value is -3.38. The van der Waals surface area contributed by atoms with Gasteiger partial charge < -0.3 is 24.1 Å². The van der Waals surface area contributed by atoms with E-state index in [1.54, 1.807) is 27.4 Å². The van der Waals surface area contributed by atoms with Crippen molar-refractivity contribution in [3.05, 3.63) is 65.2 Å². The molecule has 0 spiro atoms. The Bertz CT molecular complexity index is 1160. The molecule has 1 aliphatic carbocycles. The van der Waals surface area contributed by atoms with E-state index in [4.69, 9.17) is 18.9 Å². The van der Waals surface area contributed by atoms with Crippen LogP contribution in [0.1, 0.15) is 22.7 Å². The molecule has 32 heavy (non-hydrogen) atoms. The summed E-state index contributed by atoms with van der Waals surface area (Å²) in [5.74, 6) is 3.08. The molecular formula is C26H27NO5. The number of methoxy groups -OCH3 is 3. The summed E-state index contributed by atoms with van der Waals surface area (Å²) in [6.07, 6.45) is 1.70. The molecule has 6 heteroatoms. The van der Waals surface area contributed by atoms with Gasteiger partial charge in [0.2, 0.25) is 0 Å². The van der Waals surface area contributed by atoms with E-state index in [1.807, 2.05) is 42.5 Å². The number of para-hydroxylation sites is 2. The molecule has 0 saturated carbocycles. The van der Waals surface area contributed by atoms with Crippen molar-refractivity contribution in [2.24, 2.45) is 0 Å². The summed E-state index contributed by atoms with van der Waals surface area (Å²) in [6, 6.07) is 15.6. The first-order valence-electron chi connectivity index (χ1n) is 10.7. The summed E-state index contributed by atoms with van der Waals surface area (Å²) in [4.78, 5) is 2.33. The second-order valence-electron chi connectivity index (χ2n) is 8.10. The van der Waals surface area contributed by atoms with Crippen molar-refractivity contribution in [2.75, 3.05) is 34.6 Å². The topological polar surface area (TPSA) is 60.4 Å². The van der Waals surface area contributed by atoms with Crippen LogP contribution in [0.4, 0.5) is 0 Å². The predicted octanol–water partition coefficient (Wildman–Crippen LogP) is 4.58. The lowest BCUT2D eigenvalue weighted by atomic mass is 9.76. The van der Waals surface area contributed by atoms with Gasteiger partial charge in [-0.3, -0.25) is 4.90 Å². The average Bonchev–Trinajstić information content (AvgIpc) is 2.84. The SMILES string of the molecule is COc1cc2c(cc1OC)-c1c(O)ccc3c1C(C2)N(COc1ccccc1OC)CC3. The van der Waals surface area contributed by atoms with Crippen molar-refractivity contribution in [3.63, 3.8) is 0 Å². The molecule has 3 aromatic rings. The molecule has 6 nitrogen and oxygen atoms in total. The van der Waals surface area contributed by atoms with Crippen LogP contribution in [0.15, 0.2) is 48.5 Å². The van der Waals surface area contributed by atoms with Crippen molar-refractivity contribution >= 4 is 0 Å². The van der Waals surface area contributed by atoms with Crippen molar-refractivity contribution in [1.82, 2.24) is 4.90 Å². The quantitative estimate of drug-likeness (QED) is 0.614. The highest BCUT2D eigenvalue weighted by Gasteiger charge is 2.36. The van der Waals surface area contributed by atoms with Gasteiger partial charge >= 0.3 is 0 Å². The van der Waals surface area contributed by atoms with Crippen molar-refractivity contribution < 1.29 is 24.1 Å². The molecule has 0 aromatic heterocycles. The van der Waals surface area contributed by atoms with E-state index in [9.17, 15) is 5.11 Å². The van der Waals surface area contributed by atoms with Crippen LogP contribution in [-0.4, -0.2) is 44.6 Å². The largest absolute Gasteiger partial charge is 0.507 e. The van der Waals surface area contributed by atoms with Crippen LogP contribution in [0, 0.1) is 0 Å².